The maximum Gasteiger partial charge on any atom is 0.408 e. The quantitative estimate of drug-likeness (QED) is 0.196. The van der Waals surface area contributed by atoms with E-state index in [1.165, 1.54) is 4.90 Å². The van der Waals surface area contributed by atoms with Crippen molar-refractivity contribution in [2.45, 2.75) is 82.5 Å². The summed E-state index contributed by atoms with van der Waals surface area (Å²) in [5.74, 6) is -3.68. The number of nitrogens with two attached hydrogens (primary N) is 1. The van der Waals surface area contributed by atoms with E-state index in [-0.39, 0.29) is 31.9 Å². The lowest BCUT2D eigenvalue weighted by atomic mass is 10.1. The standard InChI is InChI=1S/C26H38N4O8/c27-15-7-6-12-20(29-26(37)38-17-18-8-2-1-3-9-18)24(34)28-21(25(35)36)13-14-22(31)30(16-23(32)33)19-10-4-5-11-19/h1-3,8-9,19-21H,4-7,10-17,27H2,(H,28,34)(H,29,37)(H,32,33)(H,35,36)/t20-,21+/m0/s1. The van der Waals surface area contributed by atoms with Crippen LogP contribution in [-0.2, 0) is 30.5 Å². The zero-order valence-corrected chi connectivity index (χ0v) is 21.5. The first-order chi connectivity index (χ1) is 18.2. The van der Waals surface area contributed by atoms with Gasteiger partial charge in [0.1, 0.15) is 25.2 Å². The molecule has 0 radical (unpaired) electrons. The SMILES string of the molecule is NCCCC[C@H](NC(=O)OCc1ccccc1)C(=O)N[C@H](CCC(=O)N(CC(=O)O)C1CCCC1)C(=O)O. The number of hydrogen-bond donors (Lipinski definition) is 5. The van der Waals surface area contributed by atoms with Crippen molar-refractivity contribution in [2.24, 2.45) is 5.73 Å². The van der Waals surface area contributed by atoms with E-state index in [1.807, 2.05) is 6.07 Å². The van der Waals surface area contributed by atoms with E-state index in [9.17, 15) is 34.2 Å². The summed E-state index contributed by atoms with van der Waals surface area (Å²) in [6, 6.07) is 6.33. The predicted octanol–water partition coefficient (Wildman–Crippen LogP) is 1.62. The van der Waals surface area contributed by atoms with Crippen molar-refractivity contribution in [3.8, 4) is 0 Å². The van der Waals surface area contributed by atoms with Crippen molar-refractivity contribution in [1.82, 2.24) is 15.5 Å². The van der Waals surface area contributed by atoms with Crippen LogP contribution in [-0.4, -0.2) is 76.2 Å². The van der Waals surface area contributed by atoms with Gasteiger partial charge in [-0.2, -0.15) is 0 Å². The second-order valence-corrected chi connectivity index (χ2v) is 9.33. The van der Waals surface area contributed by atoms with Crippen LogP contribution in [0.1, 0.15) is 63.4 Å². The molecule has 1 fully saturated rings. The Hall–Kier alpha value is -3.67. The van der Waals surface area contributed by atoms with E-state index in [4.69, 9.17) is 10.5 Å². The average molecular weight is 535 g/mol. The zero-order valence-electron chi connectivity index (χ0n) is 21.5. The van der Waals surface area contributed by atoms with E-state index < -0.39 is 48.5 Å². The van der Waals surface area contributed by atoms with Crippen LogP contribution in [0.2, 0.25) is 0 Å². The second-order valence-electron chi connectivity index (χ2n) is 9.33. The van der Waals surface area contributed by atoms with Gasteiger partial charge in [-0.25, -0.2) is 9.59 Å². The third kappa shape index (κ3) is 10.8. The molecule has 38 heavy (non-hydrogen) atoms. The molecule has 0 aromatic heterocycles. The fraction of sp³-hybridized carbons (Fsp3) is 0.577. The van der Waals surface area contributed by atoms with Gasteiger partial charge < -0.3 is 36.2 Å². The third-order valence-electron chi connectivity index (χ3n) is 6.42. The van der Waals surface area contributed by atoms with E-state index >= 15 is 0 Å². The number of hydrogen-bond acceptors (Lipinski definition) is 7. The van der Waals surface area contributed by atoms with Crippen molar-refractivity contribution in [1.29, 1.82) is 0 Å². The maximum atomic E-state index is 12.9. The average Bonchev–Trinajstić information content (AvgIpc) is 3.42. The van der Waals surface area contributed by atoms with Crippen LogP contribution in [0.3, 0.4) is 0 Å². The first kappa shape index (κ1) is 30.6. The molecular formula is C26H38N4O8. The molecular weight excluding hydrogens is 496 g/mol. The van der Waals surface area contributed by atoms with Crippen LogP contribution in [0.15, 0.2) is 30.3 Å². The van der Waals surface area contributed by atoms with Crippen molar-refractivity contribution in [2.75, 3.05) is 13.1 Å². The highest BCUT2D eigenvalue weighted by molar-refractivity contribution is 5.89. The number of carboxylic acid groups (broad SMARTS) is 2. The molecule has 1 saturated carbocycles. The predicted molar refractivity (Wildman–Crippen MR) is 137 cm³/mol. The van der Waals surface area contributed by atoms with Crippen LogP contribution >= 0.6 is 0 Å². The molecule has 210 valence electrons. The number of carbonyl (C=O) groups is 5. The highest BCUT2D eigenvalue weighted by Gasteiger charge is 2.31. The Kier molecular flexibility index (Phi) is 13.0. The summed E-state index contributed by atoms with van der Waals surface area (Å²) in [6.45, 7) is -0.0656. The number of ether oxygens (including phenoxy) is 1. The van der Waals surface area contributed by atoms with E-state index in [0.717, 1.165) is 18.4 Å². The summed E-state index contributed by atoms with van der Waals surface area (Å²) < 4.78 is 5.18. The molecule has 12 nitrogen and oxygen atoms in total. The number of unbranched alkanes of at least 4 members (excludes halogenated alkanes) is 1. The molecule has 0 spiro atoms. The Balaban J connectivity index is 1.97. The summed E-state index contributed by atoms with van der Waals surface area (Å²) in [6.07, 6.45) is 3.22. The molecule has 0 bridgehead atoms. The van der Waals surface area contributed by atoms with Gasteiger partial charge >= 0.3 is 18.0 Å². The highest BCUT2D eigenvalue weighted by Crippen LogP contribution is 2.24. The van der Waals surface area contributed by atoms with Crippen molar-refractivity contribution in [3.05, 3.63) is 35.9 Å². The number of nitrogens with zero attached hydrogens (tertiary/aromatic N) is 1. The third-order valence-corrected chi connectivity index (χ3v) is 6.42. The minimum absolute atomic E-state index is 0.00247. The Morgan fingerprint density at radius 3 is 2.26 bits per heavy atom. The minimum atomic E-state index is -1.40. The second kappa shape index (κ2) is 16.2. The van der Waals surface area contributed by atoms with Crippen LogP contribution in [0, 0.1) is 0 Å². The van der Waals surface area contributed by atoms with Gasteiger partial charge in [0, 0.05) is 12.5 Å². The number of benzene rings is 1. The van der Waals surface area contributed by atoms with E-state index in [0.29, 0.717) is 32.2 Å². The molecule has 2 rings (SSSR count). The summed E-state index contributed by atoms with van der Waals surface area (Å²) in [4.78, 5) is 62.5. The monoisotopic (exact) mass is 534 g/mol. The van der Waals surface area contributed by atoms with E-state index in [2.05, 4.69) is 10.6 Å². The molecule has 1 aliphatic rings. The highest BCUT2D eigenvalue weighted by atomic mass is 16.5. The first-order valence-corrected chi connectivity index (χ1v) is 12.9. The van der Waals surface area contributed by atoms with Crippen LogP contribution in [0.5, 0.6) is 0 Å². The fourth-order valence-corrected chi connectivity index (χ4v) is 4.39. The smallest absolute Gasteiger partial charge is 0.408 e. The summed E-state index contributed by atoms with van der Waals surface area (Å²) in [5, 5.41) is 23.7. The largest absolute Gasteiger partial charge is 0.480 e. The molecule has 1 aromatic rings. The van der Waals surface area contributed by atoms with Crippen molar-refractivity contribution >= 4 is 29.8 Å². The van der Waals surface area contributed by atoms with Gasteiger partial charge in [0.2, 0.25) is 11.8 Å². The molecule has 1 aliphatic carbocycles. The molecule has 0 heterocycles. The minimum Gasteiger partial charge on any atom is -0.480 e. The van der Waals surface area contributed by atoms with Gasteiger partial charge in [-0.15, -0.1) is 0 Å². The van der Waals surface area contributed by atoms with Gasteiger partial charge in [-0.1, -0.05) is 43.2 Å². The van der Waals surface area contributed by atoms with Gasteiger partial charge in [-0.05, 0) is 50.6 Å². The number of alkyl carbamates (subject to hydrolysis) is 1. The van der Waals surface area contributed by atoms with Gasteiger partial charge in [0.15, 0.2) is 0 Å². The van der Waals surface area contributed by atoms with Crippen LogP contribution in [0.4, 0.5) is 4.79 Å². The number of aliphatic carboxylic acids is 2. The summed E-state index contributed by atoms with van der Waals surface area (Å²) >= 11 is 0. The summed E-state index contributed by atoms with van der Waals surface area (Å²) in [7, 11) is 0. The molecule has 0 saturated heterocycles. The zero-order chi connectivity index (χ0) is 27.9. The number of amides is 3. The van der Waals surface area contributed by atoms with E-state index in [1.54, 1.807) is 24.3 Å². The van der Waals surface area contributed by atoms with Gasteiger partial charge in [0.25, 0.3) is 0 Å². The lowest BCUT2D eigenvalue weighted by molar-refractivity contribution is -0.147. The van der Waals surface area contributed by atoms with Gasteiger partial charge in [-0.3, -0.25) is 14.4 Å². The molecule has 0 aliphatic heterocycles. The Labute approximate surface area is 221 Å². The van der Waals surface area contributed by atoms with Crippen LogP contribution in [0.25, 0.3) is 0 Å². The normalized spacial score (nSPS) is 14.8. The topological polar surface area (TPSA) is 188 Å². The Morgan fingerprint density at radius 2 is 1.66 bits per heavy atom. The number of carboxylic acids is 2. The number of nitrogens with one attached hydrogen (secondary N) is 2. The summed E-state index contributed by atoms with van der Waals surface area (Å²) in [5.41, 5.74) is 6.29. The number of rotatable bonds is 16. The molecule has 2 atom stereocenters. The molecule has 0 unspecified atom stereocenters. The fourth-order valence-electron chi connectivity index (χ4n) is 4.39. The first-order valence-electron chi connectivity index (χ1n) is 12.9. The van der Waals surface area contributed by atoms with Gasteiger partial charge in [0.05, 0.1) is 0 Å². The molecule has 6 N–H and O–H groups in total. The molecule has 12 heteroatoms. The van der Waals surface area contributed by atoms with Crippen molar-refractivity contribution < 1.29 is 38.9 Å². The lowest BCUT2D eigenvalue weighted by Crippen LogP contribution is -2.52. The molecule has 3 amide bonds. The Morgan fingerprint density at radius 1 is 0.974 bits per heavy atom. The Bertz CT molecular complexity index is 936. The lowest BCUT2D eigenvalue weighted by Gasteiger charge is -2.28. The van der Waals surface area contributed by atoms with Crippen molar-refractivity contribution in [3.63, 3.8) is 0 Å². The van der Waals surface area contributed by atoms with Crippen LogP contribution < -0.4 is 16.4 Å². The number of carbonyl (C=O) groups excluding carboxylic acids is 3. The molecule has 1 aromatic carbocycles. The maximum absolute atomic E-state index is 12.9.